The number of alkyl halides is 3. The highest BCUT2D eigenvalue weighted by Gasteiger charge is 2.31. The number of nitrogens with two attached hydrogens (primary N) is 1. The van der Waals surface area contributed by atoms with E-state index in [-0.39, 0.29) is 0 Å². The zero-order valence-corrected chi connectivity index (χ0v) is 16.6. The largest absolute Gasteiger partial charge is 0.416 e. The van der Waals surface area contributed by atoms with E-state index in [1.807, 2.05) is 16.4 Å². The van der Waals surface area contributed by atoms with Crippen LogP contribution in [0.3, 0.4) is 0 Å². The van der Waals surface area contributed by atoms with Crippen molar-refractivity contribution in [2.24, 2.45) is 0 Å². The zero-order valence-electron chi connectivity index (χ0n) is 15.8. The predicted octanol–water partition coefficient (Wildman–Crippen LogP) is 3.20. The number of nitrogen functional groups attached to an aromatic ring is 1. The summed E-state index contributed by atoms with van der Waals surface area (Å²) >= 11 is 1.65. The van der Waals surface area contributed by atoms with Crippen LogP contribution in [0.15, 0.2) is 29.4 Å². The molecule has 2 heterocycles. The molecule has 0 unspecified atom stereocenters. The summed E-state index contributed by atoms with van der Waals surface area (Å²) in [4.78, 5) is 4.37. The summed E-state index contributed by atoms with van der Waals surface area (Å²) in [5.74, 6) is 1.36. The van der Waals surface area contributed by atoms with E-state index in [4.69, 9.17) is 5.73 Å². The fourth-order valence-corrected chi connectivity index (χ4v) is 4.20. The third-order valence-corrected chi connectivity index (χ3v) is 5.88. The van der Waals surface area contributed by atoms with Gasteiger partial charge in [0.2, 0.25) is 5.95 Å². The summed E-state index contributed by atoms with van der Waals surface area (Å²) < 4.78 is 40.6. The van der Waals surface area contributed by atoms with Gasteiger partial charge in [-0.1, -0.05) is 17.8 Å². The molecule has 0 radical (unpaired) electrons. The number of hydrogen-bond acceptors (Lipinski definition) is 6. The Morgan fingerprint density at radius 3 is 2.57 bits per heavy atom. The van der Waals surface area contributed by atoms with Gasteiger partial charge in [0.15, 0.2) is 5.16 Å². The van der Waals surface area contributed by atoms with Gasteiger partial charge in [-0.2, -0.15) is 13.2 Å². The van der Waals surface area contributed by atoms with Gasteiger partial charge in [-0.3, -0.25) is 9.47 Å². The van der Waals surface area contributed by atoms with Gasteiger partial charge < -0.3 is 10.6 Å². The second kappa shape index (κ2) is 9.04. The number of hydrogen-bond donors (Lipinski definition) is 1. The summed E-state index contributed by atoms with van der Waals surface area (Å²) in [5.41, 5.74) is 5.82. The van der Waals surface area contributed by atoms with Gasteiger partial charge in [0.05, 0.1) is 5.56 Å². The van der Waals surface area contributed by atoms with Gasteiger partial charge in [0.25, 0.3) is 0 Å². The fraction of sp³-hybridized carbons (Fsp3) is 0.556. The van der Waals surface area contributed by atoms with Crippen molar-refractivity contribution in [3.05, 3.63) is 29.8 Å². The molecular formula is C18H25F3N6S. The molecule has 3 rings (SSSR count). The van der Waals surface area contributed by atoms with Crippen molar-refractivity contribution < 1.29 is 13.2 Å². The Balaban J connectivity index is 1.42. The quantitative estimate of drug-likeness (QED) is 0.555. The van der Waals surface area contributed by atoms with Crippen LogP contribution in [-0.4, -0.2) is 58.1 Å². The first-order valence-electron chi connectivity index (χ1n) is 9.34. The van der Waals surface area contributed by atoms with Crippen LogP contribution >= 0.6 is 11.8 Å². The molecule has 1 aliphatic heterocycles. The molecule has 10 heteroatoms. The van der Waals surface area contributed by atoms with Gasteiger partial charge >= 0.3 is 6.18 Å². The van der Waals surface area contributed by atoms with Crippen molar-refractivity contribution >= 4 is 23.4 Å². The van der Waals surface area contributed by atoms with Gasteiger partial charge in [0.1, 0.15) is 0 Å². The minimum Gasteiger partial charge on any atom is -0.369 e. The van der Waals surface area contributed by atoms with Crippen molar-refractivity contribution in [1.29, 1.82) is 0 Å². The van der Waals surface area contributed by atoms with Crippen LogP contribution in [-0.2, 0) is 12.7 Å². The summed E-state index contributed by atoms with van der Waals surface area (Å²) in [6.45, 7) is 6.87. The van der Waals surface area contributed by atoms with Crippen LogP contribution in [0.1, 0.15) is 18.9 Å². The monoisotopic (exact) mass is 414 g/mol. The van der Waals surface area contributed by atoms with Crippen molar-refractivity contribution in [3.63, 3.8) is 0 Å². The van der Waals surface area contributed by atoms with E-state index in [2.05, 4.69) is 15.1 Å². The summed E-state index contributed by atoms with van der Waals surface area (Å²) in [5, 5.41) is 8.83. The minimum absolute atomic E-state index is 0.440. The predicted molar refractivity (Wildman–Crippen MR) is 106 cm³/mol. The molecule has 2 aromatic rings. The van der Waals surface area contributed by atoms with Crippen LogP contribution in [0.5, 0.6) is 0 Å². The molecule has 0 atom stereocenters. The first-order chi connectivity index (χ1) is 13.4. The normalized spacial score (nSPS) is 15.9. The highest BCUT2D eigenvalue weighted by molar-refractivity contribution is 7.99. The number of halogens is 3. The van der Waals surface area contributed by atoms with Crippen LogP contribution in [0.25, 0.3) is 0 Å². The number of benzene rings is 1. The summed E-state index contributed by atoms with van der Waals surface area (Å²) in [7, 11) is 0. The van der Waals surface area contributed by atoms with Crippen molar-refractivity contribution in [3.8, 4) is 0 Å². The minimum atomic E-state index is -4.30. The lowest BCUT2D eigenvalue weighted by atomic mass is 10.1. The standard InChI is InChI=1S/C18H25F3N6S/c1-2-27-16(22)23-24-17(27)28-12-4-7-25-8-10-26(11-9-25)15-6-3-5-14(13-15)18(19,20)21/h3,5-6,13H,2,4,7-12H2,1H3,(H2,22,23). The second-order valence-electron chi connectivity index (χ2n) is 6.66. The third kappa shape index (κ3) is 5.11. The maximum atomic E-state index is 12.9. The molecule has 28 heavy (non-hydrogen) atoms. The van der Waals surface area contributed by atoms with Crippen molar-refractivity contribution in [1.82, 2.24) is 19.7 Å². The molecule has 1 fully saturated rings. The molecule has 2 N–H and O–H groups in total. The van der Waals surface area contributed by atoms with E-state index in [9.17, 15) is 13.2 Å². The number of aromatic nitrogens is 3. The Kier molecular flexibility index (Phi) is 6.71. The molecule has 0 bridgehead atoms. The lowest BCUT2D eigenvalue weighted by molar-refractivity contribution is -0.137. The lowest BCUT2D eigenvalue weighted by Gasteiger charge is -2.36. The number of thioether (sulfide) groups is 1. The molecule has 0 aliphatic carbocycles. The van der Waals surface area contributed by atoms with Crippen LogP contribution in [0, 0.1) is 0 Å². The zero-order chi connectivity index (χ0) is 20.1. The van der Waals surface area contributed by atoms with Crippen LogP contribution < -0.4 is 10.6 Å². The first-order valence-corrected chi connectivity index (χ1v) is 10.3. The van der Waals surface area contributed by atoms with Gasteiger partial charge in [-0.25, -0.2) is 0 Å². The Morgan fingerprint density at radius 2 is 1.89 bits per heavy atom. The molecular weight excluding hydrogens is 389 g/mol. The highest BCUT2D eigenvalue weighted by atomic mass is 32.2. The van der Waals surface area contributed by atoms with E-state index in [1.165, 1.54) is 12.1 Å². The van der Waals surface area contributed by atoms with Gasteiger partial charge in [-0.15, -0.1) is 10.2 Å². The Morgan fingerprint density at radius 1 is 1.14 bits per heavy atom. The highest BCUT2D eigenvalue weighted by Crippen LogP contribution is 2.31. The van der Waals surface area contributed by atoms with E-state index in [0.717, 1.165) is 62.7 Å². The van der Waals surface area contributed by atoms with Gasteiger partial charge in [-0.05, 0) is 38.1 Å². The van der Waals surface area contributed by atoms with E-state index >= 15 is 0 Å². The number of nitrogens with zero attached hydrogens (tertiary/aromatic N) is 5. The van der Waals surface area contributed by atoms with E-state index in [0.29, 0.717) is 11.6 Å². The number of piperazine rings is 1. The molecule has 1 aromatic carbocycles. The molecule has 0 spiro atoms. The van der Waals surface area contributed by atoms with Crippen LogP contribution in [0.4, 0.5) is 24.8 Å². The molecule has 154 valence electrons. The molecule has 0 amide bonds. The van der Waals surface area contributed by atoms with E-state index < -0.39 is 11.7 Å². The van der Waals surface area contributed by atoms with Crippen molar-refractivity contribution in [2.45, 2.75) is 31.2 Å². The van der Waals surface area contributed by atoms with Gasteiger partial charge in [0, 0.05) is 44.2 Å². The number of anilines is 2. The maximum absolute atomic E-state index is 12.9. The second-order valence-corrected chi connectivity index (χ2v) is 7.73. The van der Waals surface area contributed by atoms with E-state index in [1.54, 1.807) is 17.8 Å². The molecule has 1 aliphatic rings. The maximum Gasteiger partial charge on any atom is 0.416 e. The molecule has 1 saturated heterocycles. The van der Waals surface area contributed by atoms with Crippen LogP contribution in [0.2, 0.25) is 0 Å². The number of rotatable bonds is 7. The molecule has 1 aromatic heterocycles. The van der Waals surface area contributed by atoms with Crippen molar-refractivity contribution in [2.75, 3.05) is 49.1 Å². The average molecular weight is 415 g/mol. The average Bonchev–Trinajstić information content (AvgIpc) is 3.04. The Hall–Kier alpha value is -1.94. The third-order valence-electron chi connectivity index (χ3n) is 4.82. The Labute approximate surface area is 166 Å². The topological polar surface area (TPSA) is 63.2 Å². The first kappa shape index (κ1) is 20.8. The summed E-state index contributed by atoms with van der Waals surface area (Å²) in [6, 6.07) is 5.58. The molecule has 0 saturated carbocycles. The SMILES string of the molecule is CCn1c(N)nnc1SCCCN1CCN(c2cccc(C(F)(F)F)c2)CC1. The molecule has 6 nitrogen and oxygen atoms in total. The Bertz CT molecular complexity index is 771. The fourth-order valence-electron chi connectivity index (χ4n) is 3.26. The lowest BCUT2D eigenvalue weighted by Crippen LogP contribution is -2.46. The smallest absolute Gasteiger partial charge is 0.369 e. The summed E-state index contributed by atoms with van der Waals surface area (Å²) in [6.07, 6.45) is -3.30.